The summed E-state index contributed by atoms with van der Waals surface area (Å²) in [6.45, 7) is 2.70. The normalized spacial score (nSPS) is 17.1. The van der Waals surface area contributed by atoms with Crippen LogP contribution < -0.4 is 0 Å². The number of hydrogen-bond acceptors (Lipinski definition) is 4. The Morgan fingerprint density at radius 2 is 2.35 bits per heavy atom. The molecule has 94 valence electrons. The lowest BCUT2D eigenvalue weighted by molar-refractivity contribution is 0.111. The van der Waals surface area contributed by atoms with Crippen LogP contribution in [0.5, 0.6) is 0 Å². The average Bonchev–Trinajstić information content (AvgIpc) is 3.06. The summed E-state index contributed by atoms with van der Waals surface area (Å²) in [5, 5.41) is 8.07. The van der Waals surface area contributed by atoms with Crippen molar-refractivity contribution in [1.82, 2.24) is 15.0 Å². The third-order valence-electron chi connectivity index (χ3n) is 3.29. The molecule has 0 bridgehead atoms. The molecule has 1 aliphatic rings. The minimum absolute atomic E-state index is 0.176. The molecule has 0 spiro atoms. The first-order chi connectivity index (χ1) is 8.30. The number of carbonyl (C=O) groups excluding carboxylic acids is 1. The van der Waals surface area contributed by atoms with Crippen molar-refractivity contribution in [2.24, 2.45) is 5.92 Å². The summed E-state index contributed by atoms with van der Waals surface area (Å²) in [4.78, 5) is 11.0. The summed E-state index contributed by atoms with van der Waals surface area (Å²) < 4.78 is 7.07. The van der Waals surface area contributed by atoms with Gasteiger partial charge in [-0.1, -0.05) is 12.1 Å². The Morgan fingerprint density at radius 3 is 2.88 bits per heavy atom. The molecular weight excluding hydrogens is 218 g/mol. The van der Waals surface area contributed by atoms with Crippen LogP contribution in [-0.2, 0) is 11.2 Å². The molecule has 0 aliphatic heterocycles. The van der Waals surface area contributed by atoms with Gasteiger partial charge in [0.25, 0.3) is 0 Å². The van der Waals surface area contributed by atoms with E-state index in [1.807, 2.05) is 4.68 Å². The highest BCUT2D eigenvalue weighted by Crippen LogP contribution is 2.33. The highest BCUT2D eigenvalue weighted by Gasteiger charge is 2.27. The van der Waals surface area contributed by atoms with Crippen LogP contribution in [0.2, 0.25) is 0 Å². The summed E-state index contributed by atoms with van der Waals surface area (Å²) >= 11 is 0. The molecule has 1 saturated carbocycles. The summed E-state index contributed by atoms with van der Waals surface area (Å²) in [6, 6.07) is 0.176. The largest absolute Gasteiger partial charge is 0.382 e. The van der Waals surface area contributed by atoms with Gasteiger partial charge in [-0.15, -0.1) is 5.10 Å². The maximum absolute atomic E-state index is 11.0. The molecule has 5 heteroatoms. The van der Waals surface area contributed by atoms with E-state index >= 15 is 0 Å². The summed E-state index contributed by atoms with van der Waals surface area (Å²) in [5.74, 6) is 0.714. The van der Waals surface area contributed by atoms with Crippen LogP contribution in [0.4, 0.5) is 0 Å². The van der Waals surface area contributed by atoms with Crippen molar-refractivity contribution in [3.8, 4) is 0 Å². The number of rotatable bonds is 7. The van der Waals surface area contributed by atoms with E-state index in [0.29, 0.717) is 18.2 Å². The Bertz CT molecular complexity index is 385. The number of methoxy groups -OCH3 is 1. The second kappa shape index (κ2) is 5.40. The van der Waals surface area contributed by atoms with Gasteiger partial charge in [0, 0.05) is 7.11 Å². The van der Waals surface area contributed by atoms with Crippen molar-refractivity contribution in [2.45, 2.75) is 38.6 Å². The Labute approximate surface area is 101 Å². The van der Waals surface area contributed by atoms with E-state index in [9.17, 15) is 4.79 Å². The van der Waals surface area contributed by atoms with E-state index in [1.54, 1.807) is 7.11 Å². The van der Waals surface area contributed by atoms with E-state index < -0.39 is 0 Å². The molecular formula is C12H19N3O2. The van der Waals surface area contributed by atoms with Gasteiger partial charge in [-0.05, 0) is 31.6 Å². The van der Waals surface area contributed by atoms with Crippen molar-refractivity contribution in [2.75, 3.05) is 13.7 Å². The fraction of sp³-hybridized carbons (Fsp3) is 0.750. The van der Waals surface area contributed by atoms with Gasteiger partial charge in [-0.3, -0.25) is 4.79 Å². The SMILES string of the molecule is CCC(COC)n1nnc(C=O)c1CC1CC1. The summed E-state index contributed by atoms with van der Waals surface area (Å²) in [5.41, 5.74) is 1.47. The Balaban J connectivity index is 2.23. The topological polar surface area (TPSA) is 57.0 Å². The third-order valence-corrected chi connectivity index (χ3v) is 3.29. The number of aromatic nitrogens is 3. The van der Waals surface area contributed by atoms with Crippen LogP contribution >= 0.6 is 0 Å². The maximum atomic E-state index is 11.0. The number of aldehydes is 1. The van der Waals surface area contributed by atoms with Crippen molar-refractivity contribution in [1.29, 1.82) is 0 Å². The predicted molar refractivity (Wildman–Crippen MR) is 63.0 cm³/mol. The lowest BCUT2D eigenvalue weighted by Crippen LogP contribution is -2.18. The van der Waals surface area contributed by atoms with Crippen molar-refractivity contribution >= 4 is 6.29 Å². The molecule has 1 aliphatic carbocycles. The van der Waals surface area contributed by atoms with Gasteiger partial charge in [0.05, 0.1) is 18.3 Å². The molecule has 0 amide bonds. The van der Waals surface area contributed by atoms with E-state index in [0.717, 1.165) is 24.8 Å². The van der Waals surface area contributed by atoms with E-state index in [2.05, 4.69) is 17.2 Å². The second-order valence-electron chi connectivity index (χ2n) is 4.65. The molecule has 1 aromatic rings. The molecule has 2 rings (SSSR count). The van der Waals surface area contributed by atoms with Gasteiger partial charge >= 0.3 is 0 Å². The van der Waals surface area contributed by atoms with Crippen LogP contribution in [0.25, 0.3) is 0 Å². The van der Waals surface area contributed by atoms with Gasteiger partial charge in [-0.25, -0.2) is 4.68 Å². The van der Waals surface area contributed by atoms with Crippen LogP contribution in [0, 0.1) is 5.92 Å². The summed E-state index contributed by atoms with van der Waals surface area (Å²) in [6.07, 6.45) is 5.16. The molecule has 1 atom stereocenters. The number of nitrogens with zero attached hydrogens (tertiary/aromatic N) is 3. The Hall–Kier alpha value is -1.23. The zero-order chi connectivity index (χ0) is 12.3. The monoisotopic (exact) mass is 237 g/mol. The van der Waals surface area contributed by atoms with E-state index in [-0.39, 0.29) is 6.04 Å². The van der Waals surface area contributed by atoms with Crippen LogP contribution in [0.15, 0.2) is 0 Å². The summed E-state index contributed by atoms with van der Waals surface area (Å²) in [7, 11) is 1.68. The third kappa shape index (κ3) is 2.72. The minimum Gasteiger partial charge on any atom is -0.382 e. The number of carbonyl (C=O) groups is 1. The maximum Gasteiger partial charge on any atom is 0.172 e. The molecule has 1 fully saturated rings. The predicted octanol–water partition coefficient (Wildman–Crippen LogP) is 1.64. The zero-order valence-corrected chi connectivity index (χ0v) is 10.4. The highest BCUT2D eigenvalue weighted by atomic mass is 16.5. The fourth-order valence-electron chi connectivity index (χ4n) is 2.06. The van der Waals surface area contributed by atoms with Gasteiger partial charge in [0.1, 0.15) is 5.69 Å². The first-order valence-electron chi connectivity index (χ1n) is 6.18. The molecule has 0 N–H and O–H groups in total. The molecule has 1 aromatic heterocycles. The Morgan fingerprint density at radius 1 is 1.59 bits per heavy atom. The van der Waals surface area contributed by atoms with Crippen LogP contribution in [0.1, 0.15) is 48.4 Å². The average molecular weight is 237 g/mol. The fourth-order valence-corrected chi connectivity index (χ4v) is 2.06. The zero-order valence-electron chi connectivity index (χ0n) is 10.4. The second-order valence-corrected chi connectivity index (χ2v) is 4.65. The minimum atomic E-state index is 0.176. The van der Waals surface area contributed by atoms with E-state index in [4.69, 9.17) is 4.74 Å². The van der Waals surface area contributed by atoms with E-state index in [1.165, 1.54) is 12.8 Å². The van der Waals surface area contributed by atoms with Gasteiger partial charge in [0.2, 0.25) is 0 Å². The van der Waals surface area contributed by atoms with Crippen molar-refractivity contribution in [3.63, 3.8) is 0 Å². The smallest absolute Gasteiger partial charge is 0.172 e. The van der Waals surface area contributed by atoms with Gasteiger partial charge < -0.3 is 4.74 Å². The molecule has 1 unspecified atom stereocenters. The highest BCUT2D eigenvalue weighted by molar-refractivity contribution is 5.73. The Kier molecular flexibility index (Phi) is 3.89. The van der Waals surface area contributed by atoms with Gasteiger partial charge in [-0.2, -0.15) is 0 Å². The quantitative estimate of drug-likeness (QED) is 0.676. The number of hydrogen-bond donors (Lipinski definition) is 0. The van der Waals surface area contributed by atoms with Crippen LogP contribution in [0.3, 0.4) is 0 Å². The lowest BCUT2D eigenvalue weighted by Gasteiger charge is -2.16. The van der Waals surface area contributed by atoms with Crippen molar-refractivity contribution in [3.05, 3.63) is 11.4 Å². The van der Waals surface area contributed by atoms with Gasteiger partial charge in [0.15, 0.2) is 6.29 Å². The molecule has 0 saturated heterocycles. The molecule has 5 nitrogen and oxygen atoms in total. The first kappa shape index (κ1) is 12.2. The first-order valence-corrected chi connectivity index (χ1v) is 6.18. The molecule has 17 heavy (non-hydrogen) atoms. The molecule has 1 heterocycles. The van der Waals surface area contributed by atoms with Crippen LogP contribution in [-0.4, -0.2) is 35.0 Å². The van der Waals surface area contributed by atoms with Crippen molar-refractivity contribution < 1.29 is 9.53 Å². The lowest BCUT2D eigenvalue weighted by atomic mass is 10.1. The molecule has 0 aromatic carbocycles. The number of ether oxygens (including phenoxy) is 1. The standard InChI is InChI=1S/C12H19N3O2/c1-3-10(8-17-2)15-12(6-9-4-5-9)11(7-16)13-14-15/h7,9-10H,3-6,8H2,1-2H3. The molecule has 0 radical (unpaired) electrons.